The van der Waals surface area contributed by atoms with Crippen LogP contribution in [0.1, 0.15) is 43.6 Å². The maximum atomic E-state index is 11.9. The summed E-state index contributed by atoms with van der Waals surface area (Å²) in [6, 6.07) is 0.401. The highest BCUT2D eigenvalue weighted by Crippen LogP contribution is 2.18. The zero-order valence-electron chi connectivity index (χ0n) is 13.4. The van der Waals surface area contributed by atoms with Gasteiger partial charge in [0.05, 0.1) is 0 Å². The van der Waals surface area contributed by atoms with E-state index in [2.05, 4.69) is 25.5 Å². The van der Waals surface area contributed by atoms with E-state index in [-0.39, 0.29) is 6.03 Å². The fraction of sp³-hybridized carbons (Fsp3) is 0.750. The lowest BCUT2D eigenvalue weighted by molar-refractivity contribution is 0.234. The highest BCUT2D eigenvalue weighted by atomic mass is 16.2. The summed E-state index contributed by atoms with van der Waals surface area (Å²) in [7, 11) is 0. The van der Waals surface area contributed by atoms with Gasteiger partial charge in [0, 0.05) is 37.6 Å². The summed E-state index contributed by atoms with van der Waals surface area (Å²) < 4.78 is 0. The van der Waals surface area contributed by atoms with Gasteiger partial charge < -0.3 is 15.6 Å². The summed E-state index contributed by atoms with van der Waals surface area (Å²) in [5.41, 5.74) is 1.17. The Balaban J connectivity index is 1.35. The Morgan fingerprint density at radius 3 is 2.95 bits per heavy atom. The van der Waals surface area contributed by atoms with Gasteiger partial charge >= 0.3 is 6.03 Å². The summed E-state index contributed by atoms with van der Waals surface area (Å²) in [6.07, 6.45) is 7.82. The quantitative estimate of drug-likeness (QED) is 0.776. The number of H-pyrrole nitrogens is 1. The summed E-state index contributed by atoms with van der Waals surface area (Å²) in [4.78, 5) is 21.8. The number of amides is 2. The number of imidazole rings is 1. The molecule has 2 heterocycles. The second-order valence-corrected chi connectivity index (χ2v) is 6.72. The van der Waals surface area contributed by atoms with Crippen molar-refractivity contribution in [3.63, 3.8) is 0 Å². The zero-order chi connectivity index (χ0) is 15.4. The molecular formula is C16H27N5O. The first-order valence-corrected chi connectivity index (χ1v) is 8.46. The minimum atomic E-state index is 0.00884. The number of aryl methyl sites for hydroxylation is 1. The summed E-state index contributed by atoms with van der Waals surface area (Å²) in [5, 5.41) is 6.12. The topological polar surface area (TPSA) is 73.1 Å². The molecule has 0 radical (unpaired) electrons. The number of carbonyl (C=O) groups is 1. The third-order valence-electron chi connectivity index (χ3n) is 4.76. The standard InChI is InChI=1S/C16H27N5O/c1-12-17-9-15(19-12)11-21-7-6-13(10-21)8-18-16(22)20-14-4-2-3-5-14/h9,13-14H,2-8,10-11H2,1H3,(H,17,19)(H2,18,20,22). The molecule has 2 amide bonds. The maximum absolute atomic E-state index is 11.9. The van der Waals surface area contributed by atoms with Crippen LogP contribution in [0.5, 0.6) is 0 Å². The fourth-order valence-electron chi connectivity index (χ4n) is 3.56. The lowest BCUT2D eigenvalue weighted by Gasteiger charge is -2.17. The van der Waals surface area contributed by atoms with E-state index in [9.17, 15) is 4.79 Å². The molecule has 1 atom stereocenters. The van der Waals surface area contributed by atoms with Gasteiger partial charge in [-0.3, -0.25) is 4.90 Å². The number of urea groups is 1. The van der Waals surface area contributed by atoms with Crippen LogP contribution in [-0.4, -0.2) is 46.6 Å². The van der Waals surface area contributed by atoms with Crippen molar-refractivity contribution in [2.24, 2.45) is 5.92 Å². The molecule has 1 aromatic rings. The van der Waals surface area contributed by atoms with Gasteiger partial charge in [-0.05, 0) is 38.6 Å². The Bertz CT molecular complexity index is 494. The van der Waals surface area contributed by atoms with Crippen LogP contribution in [0.4, 0.5) is 4.79 Å². The van der Waals surface area contributed by atoms with Crippen LogP contribution in [0.25, 0.3) is 0 Å². The van der Waals surface area contributed by atoms with Gasteiger partial charge in [-0.1, -0.05) is 12.8 Å². The lowest BCUT2D eigenvalue weighted by Crippen LogP contribution is -2.42. The first-order valence-electron chi connectivity index (χ1n) is 8.46. The molecule has 1 aliphatic carbocycles. The Hall–Kier alpha value is -1.56. The lowest BCUT2D eigenvalue weighted by atomic mass is 10.1. The van der Waals surface area contributed by atoms with Crippen molar-refractivity contribution in [2.75, 3.05) is 19.6 Å². The van der Waals surface area contributed by atoms with E-state index >= 15 is 0 Å². The van der Waals surface area contributed by atoms with Crippen LogP contribution in [0, 0.1) is 12.8 Å². The van der Waals surface area contributed by atoms with Gasteiger partial charge in [0.25, 0.3) is 0 Å². The van der Waals surface area contributed by atoms with Crippen LogP contribution in [0.15, 0.2) is 6.20 Å². The van der Waals surface area contributed by atoms with Gasteiger partial charge in [-0.25, -0.2) is 9.78 Å². The smallest absolute Gasteiger partial charge is 0.315 e. The van der Waals surface area contributed by atoms with Crippen LogP contribution >= 0.6 is 0 Å². The molecule has 22 heavy (non-hydrogen) atoms. The van der Waals surface area contributed by atoms with Crippen molar-refractivity contribution in [2.45, 2.75) is 51.6 Å². The fourth-order valence-corrected chi connectivity index (χ4v) is 3.56. The molecule has 3 rings (SSSR count). The number of aromatic nitrogens is 2. The average molecular weight is 305 g/mol. The van der Waals surface area contributed by atoms with Crippen LogP contribution < -0.4 is 10.6 Å². The van der Waals surface area contributed by atoms with E-state index < -0.39 is 0 Å². The minimum Gasteiger partial charge on any atom is -0.345 e. The third-order valence-corrected chi connectivity index (χ3v) is 4.76. The van der Waals surface area contributed by atoms with Crippen molar-refractivity contribution in [1.82, 2.24) is 25.5 Å². The number of hydrogen-bond donors (Lipinski definition) is 3. The molecule has 1 saturated carbocycles. The second-order valence-electron chi connectivity index (χ2n) is 6.72. The monoisotopic (exact) mass is 305 g/mol. The zero-order valence-corrected chi connectivity index (χ0v) is 13.4. The van der Waals surface area contributed by atoms with Crippen LogP contribution in [0.2, 0.25) is 0 Å². The molecule has 0 aromatic carbocycles. The van der Waals surface area contributed by atoms with Gasteiger partial charge in [0.1, 0.15) is 5.82 Å². The maximum Gasteiger partial charge on any atom is 0.315 e. The van der Waals surface area contributed by atoms with Crippen molar-refractivity contribution in [1.29, 1.82) is 0 Å². The normalized spacial score (nSPS) is 23.0. The first kappa shape index (κ1) is 15.3. The molecule has 6 heteroatoms. The molecule has 1 unspecified atom stereocenters. The number of nitrogens with one attached hydrogen (secondary N) is 3. The Morgan fingerprint density at radius 1 is 1.41 bits per heavy atom. The Labute approximate surface area is 132 Å². The molecular weight excluding hydrogens is 278 g/mol. The number of aromatic amines is 1. The van der Waals surface area contributed by atoms with Crippen molar-refractivity contribution < 1.29 is 4.79 Å². The molecule has 3 N–H and O–H groups in total. The molecule has 6 nitrogen and oxygen atoms in total. The number of nitrogens with zero attached hydrogens (tertiary/aromatic N) is 2. The van der Waals surface area contributed by atoms with Gasteiger partial charge in [0.2, 0.25) is 0 Å². The SMILES string of the molecule is Cc1ncc(CN2CCC(CNC(=O)NC3CCCC3)C2)[nH]1. The van der Waals surface area contributed by atoms with E-state index in [0.29, 0.717) is 12.0 Å². The van der Waals surface area contributed by atoms with Crippen molar-refractivity contribution in [3.05, 3.63) is 17.7 Å². The summed E-state index contributed by atoms with van der Waals surface area (Å²) >= 11 is 0. The summed E-state index contributed by atoms with van der Waals surface area (Å²) in [6.45, 7) is 5.81. The van der Waals surface area contributed by atoms with Gasteiger partial charge in [0.15, 0.2) is 0 Å². The third kappa shape index (κ3) is 4.22. The summed E-state index contributed by atoms with van der Waals surface area (Å²) in [5.74, 6) is 1.52. The van der Waals surface area contributed by atoms with E-state index in [4.69, 9.17) is 0 Å². The molecule has 2 aliphatic rings. The molecule has 0 bridgehead atoms. The average Bonchev–Trinajstić information content (AvgIpc) is 3.21. The van der Waals surface area contributed by atoms with E-state index in [1.165, 1.54) is 18.5 Å². The molecule has 1 saturated heterocycles. The molecule has 1 aliphatic heterocycles. The van der Waals surface area contributed by atoms with Crippen LogP contribution in [0.3, 0.4) is 0 Å². The largest absolute Gasteiger partial charge is 0.345 e. The van der Waals surface area contributed by atoms with E-state index in [1.807, 2.05) is 13.1 Å². The molecule has 122 valence electrons. The molecule has 0 spiro atoms. The van der Waals surface area contributed by atoms with Gasteiger partial charge in [-0.15, -0.1) is 0 Å². The number of hydrogen-bond acceptors (Lipinski definition) is 3. The molecule has 1 aromatic heterocycles. The van der Waals surface area contributed by atoms with E-state index in [0.717, 1.165) is 51.3 Å². The Morgan fingerprint density at radius 2 is 2.23 bits per heavy atom. The van der Waals surface area contributed by atoms with Crippen molar-refractivity contribution >= 4 is 6.03 Å². The first-order chi connectivity index (χ1) is 10.7. The Kier molecular flexibility index (Phi) is 4.97. The van der Waals surface area contributed by atoms with Gasteiger partial charge in [-0.2, -0.15) is 0 Å². The highest BCUT2D eigenvalue weighted by molar-refractivity contribution is 5.74. The predicted octanol–water partition coefficient (Wildman–Crippen LogP) is 1.78. The van der Waals surface area contributed by atoms with Crippen molar-refractivity contribution in [3.8, 4) is 0 Å². The van der Waals surface area contributed by atoms with E-state index in [1.54, 1.807) is 0 Å². The second kappa shape index (κ2) is 7.13. The predicted molar refractivity (Wildman–Crippen MR) is 85.5 cm³/mol. The van der Waals surface area contributed by atoms with Crippen LogP contribution in [-0.2, 0) is 6.54 Å². The number of likely N-dealkylation sites (tertiary alicyclic amines) is 1. The molecule has 2 fully saturated rings. The minimum absolute atomic E-state index is 0.00884. The highest BCUT2D eigenvalue weighted by Gasteiger charge is 2.24. The number of rotatable bonds is 5. The number of carbonyl (C=O) groups excluding carboxylic acids is 1.